The number of halogens is 2. The molecule has 1 aliphatic rings. The van der Waals surface area contributed by atoms with Crippen molar-refractivity contribution in [2.45, 2.75) is 23.9 Å². The molecule has 21 heavy (non-hydrogen) atoms. The molecule has 9 nitrogen and oxygen atoms in total. The van der Waals surface area contributed by atoms with E-state index in [0.717, 1.165) is 12.3 Å². The van der Waals surface area contributed by atoms with Crippen LogP contribution >= 0.6 is 0 Å². The quantitative estimate of drug-likeness (QED) is 0.376. The Balaban J connectivity index is 2.61. The van der Waals surface area contributed by atoms with Crippen molar-refractivity contribution >= 4 is 0 Å². The first-order valence-electron chi connectivity index (χ1n) is 5.58. The molecule has 4 N–H and O–H groups in total. The van der Waals surface area contributed by atoms with E-state index in [4.69, 9.17) is 20.3 Å². The Morgan fingerprint density at radius 2 is 2.29 bits per heavy atom. The summed E-state index contributed by atoms with van der Waals surface area (Å²) in [5.41, 5.74) is -3.94. The fourth-order valence-electron chi connectivity index (χ4n) is 1.98. The van der Waals surface area contributed by atoms with Crippen LogP contribution in [-0.2, 0) is 4.74 Å². The highest BCUT2D eigenvalue weighted by molar-refractivity contribution is 5.16. The molecule has 0 bridgehead atoms. The molecule has 11 heteroatoms. The molecule has 114 valence electrons. The number of aliphatic hydroxyl groups excluding tert-OH is 2. The van der Waals surface area contributed by atoms with Crippen LogP contribution in [0.3, 0.4) is 0 Å². The third kappa shape index (κ3) is 2.09. The number of aromatic amines is 1. The number of nitriles is 1. The van der Waals surface area contributed by atoms with Gasteiger partial charge in [-0.1, -0.05) is 5.16 Å². The van der Waals surface area contributed by atoms with E-state index in [2.05, 4.69) is 5.16 Å². The van der Waals surface area contributed by atoms with Gasteiger partial charge in [0.25, 0.3) is 5.56 Å². The normalized spacial score (nSPS) is 32.0. The number of aromatic nitrogens is 2. The number of hydrogen-bond acceptors (Lipinski definition) is 7. The monoisotopic (exact) mass is 304 g/mol. The van der Waals surface area contributed by atoms with Gasteiger partial charge in [0.15, 0.2) is 6.10 Å². The van der Waals surface area contributed by atoms with E-state index < -0.39 is 41.6 Å². The predicted octanol–water partition coefficient (Wildman–Crippen LogP) is -1.75. The first-order valence-corrected chi connectivity index (χ1v) is 5.58. The summed E-state index contributed by atoms with van der Waals surface area (Å²) in [4.78, 5) is 13.0. The maximum atomic E-state index is 14.1. The number of H-pyrrole nitrogens is 1. The van der Waals surface area contributed by atoms with Crippen LogP contribution in [0.5, 0.6) is 0 Å². The summed E-state index contributed by atoms with van der Waals surface area (Å²) in [7, 11) is 0. The second-order valence-electron chi connectivity index (χ2n) is 4.34. The maximum absolute atomic E-state index is 14.1. The first-order chi connectivity index (χ1) is 9.82. The number of nitrogens with zero attached hydrogens (tertiary/aromatic N) is 3. The molecule has 0 unspecified atom stereocenters. The Morgan fingerprint density at radius 1 is 1.62 bits per heavy atom. The van der Waals surface area contributed by atoms with E-state index in [1.807, 2.05) is 4.98 Å². The van der Waals surface area contributed by atoms with E-state index in [1.54, 1.807) is 0 Å². The van der Waals surface area contributed by atoms with Gasteiger partial charge in [-0.25, -0.2) is 0 Å². The third-order valence-electron chi connectivity index (χ3n) is 3.10. The number of aliphatic hydroxyl groups is 2. The van der Waals surface area contributed by atoms with E-state index in [-0.39, 0.29) is 0 Å². The number of nitrogens with one attached hydrogen (secondary N) is 1. The largest absolute Gasteiger partial charge is 0.408 e. The molecular formula is C10H10F2N4O5. The topological polar surface area (TPSA) is 144 Å². The molecule has 1 saturated heterocycles. The molecule has 0 radical (unpaired) electrons. The van der Waals surface area contributed by atoms with Crippen LogP contribution < -0.4 is 11.2 Å². The van der Waals surface area contributed by atoms with Gasteiger partial charge in [0.05, 0.1) is 6.61 Å². The summed E-state index contributed by atoms with van der Waals surface area (Å²) >= 11 is 0. The lowest BCUT2D eigenvalue weighted by Gasteiger charge is -2.21. The minimum absolute atomic E-state index is 0.527. The predicted molar refractivity (Wildman–Crippen MR) is 58.9 cm³/mol. The van der Waals surface area contributed by atoms with E-state index in [1.165, 1.54) is 6.07 Å². The fourth-order valence-corrected chi connectivity index (χ4v) is 1.98. The lowest BCUT2D eigenvalue weighted by molar-refractivity contribution is -0.142. The van der Waals surface area contributed by atoms with Crippen molar-refractivity contribution in [3.63, 3.8) is 0 Å². The summed E-state index contributed by atoms with van der Waals surface area (Å²) in [6.45, 7) is -1.17. The molecule has 0 aromatic carbocycles. The second kappa shape index (κ2) is 4.92. The molecule has 2 heterocycles. The molecule has 2 rings (SSSR count). The molecule has 1 fully saturated rings. The molecule has 1 aromatic heterocycles. The molecule has 0 amide bonds. The minimum atomic E-state index is -3.99. The van der Waals surface area contributed by atoms with Crippen LogP contribution in [0.4, 0.5) is 8.78 Å². The average molecular weight is 304 g/mol. The van der Waals surface area contributed by atoms with Gasteiger partial charge in [-0.2, -0.15) is 14.0 Å². The Hall–Kier alpha value is -2.29. The zero-order valence-corrected chi connectivity index (χ0v) is 10.3. The zero-order valence-electron chi connectivity index (χ0n) is 10.3. The van der Waals surface area contributed by atoms with Crippen molar-refractivity contribution in [1.82, 2.24) is 9.55 Å². The third-order valence-corrected chi connectivity index (χ3v) is 3.10. The summed E-state index contributed by atoms with van der Waals surface area (Å²) in [5, 5.41) is 38.9. The first kappa shape index (κ1) is 15.1. The van der Waals surface area contributed by atoms with Gasteiger partial charge in [-0.15, -0.1) is 0 Å². The van der Waals surface area contributed by atoms with Gasteiger partial charge in [-0.3, -0.25) is 14.3 Å². The van der Waals surface area contributed by atoms with Gasteiger partial charge in [0.2, 0.25) is 17.4 Å². The van der Waals surface area contributed by atoms with Crippen molar-refractivity contribution in [1.29, 1.82) is 5.26 Å². The summed E-state index contributed by atoms with van der Waals surface area (Å²) in [6, 6.07) is 2.15. The van der Waals surface area contributed by atoms with Crippen molar-refractivity contribution in [2.75, 3.05) is 6.61 Å². The van der Waals surface area contributed by atoms with Crippen molar-refractivity contribution in [3.05, 3.63) is 28.2 Å². The van der Waals surface area contributed by atoms with Gasteiger partial charge in [0, 0.05) is 12.3 Å². The van der Waals surface area contributed by atoms with Crippen LogP contribution in [0, 0.1) is 11.3 Å². The highest BCUT2D eigenvalue weighted by Gasteiger charge is 2.67. The van der Waals surface area contributed by atoms with Gasteiger partial charge in [-0.05, 0) is 0 Å². The van der Waals surface area contributed by atoms with E-state index >= 15 is 0 Å². The van der Waals surface area contributed by atoms with E-state index in [0.29, 0.717) is 4.57 Å². The molecule has 0 saturated carbocycles. The van der Waals surface area contributed by atoms with E-state index in [9.17, 15) is 18.7 Å². The molecule has 0 aliphatic carbocycles. The maximum Gasteiger partial charge on any atom is 0.321 e. The molecular weight excluding hydrogens is 294 g/mol. The van der Waals surface area contributed by atoms with Crippen LogP contribution in [0.2, 0.25) is 0 Å². The standard InChI is InChI=1S/C10H10F2N4O5/c11-10(12)6(19)9(3-13,4-17)21-7(10)16-2-1-5(18)14-8(16)15-20/h1-2,6-7,17,19-20H,4H2,(H,14,15,18)/t6-,7-,9-/m1/s1. The lowest BCUT2D eigenvalue weighted by Crippen LogP contribution is -2.48. The highest BCUT2D eigenvalue weighted by atomic mass is 19.3. The Kier molecular flexibility index (Phi) is 3.54. The molecule has 1 aliphatic heterocycles. The summed E-state index contributed by atoms with van der Waals surface area (Å²) in [6.07, 6.45) is -4.04. The van der Waals surface area contributed by atoms with Gasteiger partial charge >= 0.3 is 5.92 Å². The lowest BCUT2D eigenvalue weighted by atomic mass is 9.97. The van der Waals surface area contributed by atoms with Gasteiger partial charge < -0.3 is 20.2 Å². The minimum Gasteiger partial charge on any atom is -0.408 e. The number of alkyl halides is 2. The van der Waals surface area contributed by atoms with Crippen LogP contribution in [0.25, 0.3) is 0 Å². The van der Waals surface area contributed by atoms with Crippen LogP contribution in [0.15, 0.2) is 22.2 Å². The van der Waals surface area contributed by atoms with Crippen molar-refractivity contribution in [2.24, 2.45) is 5.16 Å². The number of hydrogen-bond donors (Lipinski definition) is 4. The number of rotatable bonds is 2. The van der Waals surface area contributed by atoms with Gasteiger partial charge in [0.1, 0.15) is 6.07 Å². The van der Waals surface area contributed by atoms with Crippen LogP contribution in [-0.4, -0.2) is 49.2 Å². The summed E-state index contributed by atoms with van der Waals surface area (Å²) < 4.78 is 33.5. The molecule has 3 atom stereocenters. The smallest absolute Gasteiger partial charge is 0.321 e. The van der Waals surface area contributed by atoms with Crippen molar-refractivity contribution in [3.8, 4) is 6.07 Å². The SMILES string of the molecule is N#C[C@]1(CO)O[C@@H](n2ccc(=O)[nH]/c2=N\O)C(F)(F)[C@@H]1O. The van der Waals surface area contributed by atoms with Crippen LogP contribution in [0.1, 0.15) is 6.23 Å². The second-order valence-corrected chi connectivity index (χ2v) is 4.34. The summed E-state index contributed by atoms with van der Waals surface area (Å²) in [5.74, 6) is -3.99. The molecule has 1 aromatic rings. The average Bonchev–Trinajstić information content (AvgIpc) is 2.68. The zero-order chi connectivity index (χ0) is 15.8. The highest BCUT2D eigenvalue weighted by Crippen LogP contribution is 2.47. The Labute approximate surface area is 114 Å². The number of ether oxygens (including phenoxy) is 1. The van der Waals surface area contributed by atoms with Crippen molar-refractivity contribution < 1.29 is 28.9 Å². The Bertz CT molecular complexity index is 708. The molecule has 0 spiro atoms. The fraction of sp³-hybridized carbons (Fsp3) is 0.500. The Morgan fingerprint density at radius 3 is 2.76 bits per heavy atom.